The molecule has 5 fully saturated rings. The minimum Gasteiger partial charge on any atom is -0.459 e. The van der Waals surface area contributed by atoms with Crippen LogP contribution in [0.15, 0.2) is 30.6 Å². The largest absolute Gasteiger partial charge is 0.459 e. The minimum atomic E-state index is -0.304. The molecular formula is C37H58NO3+. The number of aliphatic hydroxyl groups is 1. The maximum atomic E-state index is 14.2. The van der Waals surface area contributed by atoms with E-state index in [0.29, 0.717) is 54.1 Å². The van der Waals surface area contributed by atoms with Crippen molar-refractivity contribution in [1.82, 2.24) is 0 Å². The normalized spacial score (nSPS) is 46.7. The van der Waals surface area contributed by atoms with Gasteiger partial charge in [-0.1, -0.05) is 54.5 Å². The van der Waals surface area contributed by atoms with Crippen LogP contribution in [0.2, 0.25) is 0 Å². The Bertz CT molecular complexity index is 1130. The number of pyridine rings is 1. The van der Waals surface area contributed by atoms with Crippen molar-refractivity contribution in [3.8, 4) is 0 Å². The fourth-order valence-corrected chi connectivity index (χ4v) is 12.7. The molecule has 0 amide bonds. The van der Waals surface area contributed by atoms with Crippen molar-refractivity contribution in [2.24, 2.45) is 62.6 Å². The molecule has 41 heavy (non-hydrogen) atoms. The molecule has 4 nitrogen and oxygen atoms in total. The Morgan fingerprint density at radius 3 is 2.29 bits per heavy atom. The molecule has 5 aliphatic rings. The van der Waals surface area contributed by atoms with E-state index in [0.717, 1.165) is 32.1 Å². The summed E-state index contributed by atoms with van der Waals surface area (Å²) in [6.45, 7) is 18.6. The van der Waals surface area contributed by atoms with E-state index in [1.165, 1.54) is 32.1 Å². The molecule has 6 rings (SSSR count). The Morgan fingerprint density at radius 2 is 1.59 bits per heavy atom. The Kier molecular flexibility index (Phi) is 7.28. The van der Waals surface area contributed by atoms with E-state index in [9.17, 15) is 9.90 Å². The molecule has 0 saturated heterocycles. The molecule has 1 aromatic rings. The van der Waals surface area contributed by atoms with E-state index in [4.69, 9.17) is 4.74 Å². The molecule has 10 atom stereocenters. The summed E-state index contributed by atoms with van der Waals surface area (Å²) >= 11 is 0. The number of aromatic nitrogens is 1. The third kappa shape index (κ3) is 4.15. The molecule has 4 heteroatoms. The topological polar surface area (TPSA) is 50.4 Å². The van der Waals surface area contributed by atoms with Crippen molar-refractivity contribution < 1.29 is 19.2 Å². The number of fused-ring (bicyclic) bond motifs is 7. The second-order valence-corrected chi connectivity index (χ2v) is 16.9. The number of carbonyl (C=O) groups is 1. The first-order valence-corrected chi connectivity index (χ1v) is 17.1. The maximum Gasteiger partial charge on any atom is 0.312 e. The van der Waals surface area contributed by atoms with Gasteiger partial charge in [0.25, 0.3) is 0 Å². The molecule has 0 aromatic carbocycles. The first-order valence-electron chi connectivity index (χ1n) is 17.1. The van der Waals surface area contributed by atoms with Crippen LogP contribution in [-0.2, 0) is 16.1 Å². The van der Waals surface area contributed by atoms with Gasteiger partial charge in [0.05, 0.1) is 11.5 Å². The molecule has 0 radical (unpaired) electrons. The fourth-order valence-electron chi connectivity index (χ4n) is 12.7. The summed E-state index contributed by atoms with van der Waals surface area (Å²) in [6, 6.07) is 6.09. The molecule has 0 bridgehead atoms. The molecule has 0 unspecified atom stereocenters. The van der Waals surface area contributed by atoms with Gasteiger partial charge in [-0.05, 0) is 121 Å². The van der Waals surface area contributed by atoms with Gasteiger partial charge in [0.1, 0.15) is 0 Å². The van der Waals surface area contributed by atoms with Crippen LogP contribution in [0.3, 0.4) is 0 Å². The Hall–Kier alpha value is -1.42. The predicted molar refractivity (Wildman–Crippen MR) is 163 cm³/mol. The van der Waals surface area contributed by atoms with Crippen LogP contribution in [0.4, 0.5) is 0 Å². The van der Waals surface area contributed by atoms with E-state index < -0.39 is 0 Å². The van der Waals surface area contributed by atoms with Gasteiger partial charge in [-0.15, -0.1) is 0 Å². The molecular weight excluding hydrogens is 506 g/mol. The maximum absolute atomic E-state index is 14.2. The van der Waals surface area contributed by atoms with Crippen molar-refractivity contribution in [1.29, 1.82) is 0 Å². The zero-order chi connectivity index (χ0) is 29.4. The number of ether oxygens (including phenoxy) is 1. The number of carbonyl (C=O) groups excluding carboxylic acids is 1. The average Bonchev–Trinajstić information content (AvgIpc) is 3.33. The molecule has 0 spiro atoms. The second-order valence-electron chi connectivity index (χ2n) is 16.9. The summed E-state index contributed by atoms with van der Waals surface area (Å²) in [7, 11) is 0. The van der Waals surface area contributed by atoms with Crippen LogP contribution in [-0.4, -0.2) is 23.8 Å². The van der Waals surface area contributed by atoms with Gasteiger partial charge < -0.3 is 9.84 Å². The van der Waals surface area contributed by atoms with Crippen molar-refractivity contribution >= 4 is 5.97 Å². The Labute approximate surface area is 250 Å². The SMILES string of the molecule is CC(C)[C@@H]1CC[C@]2(C(=O)OCC[n+]3ccccc3)CC[C@]3(C)[C@H](CC[C@@H]4[C@@]5(C)CC[C@H](O)C(C)(C)[C@@H]5CC[C@]43C)[C@@H]12. The van der Waals surface area contributed by atoms with Crippen LogP contribution in [0.1, 0.15) is 113 Å². The van der Waals surface area contributed by atoms with E-state index >= 15 is 0 Å². The molecule has 1 heterocycles. The fraction of sp³-hybridized carbons (Fsp3) is 0.838. The lowest BCUT2D eigenvalue weighted by Gasteiger charge is -2.72. The molecule has 5 aliphatic carbocycles. The third-order valence-electron chi connectivity index (χ3n) is 15.1. The van der Waals surface area contributed by atoms with Gasteiger partial charge in [0.2, 0.25) is 0 Å². The van der Waals surface area contributed by atoms with Crippen molar-refractivity contribution in [3.63, 3.8) is 0 Å². The van der Waals surface area contributed by atoms with Crippen molar-refractivity contribution in [2.75, 3.05) is 6.61 Å². The molecule has 228 valence electrons. The average molecular weight is 565 g/mol. The van der Waals surface area contributed by atoms with Gasteiger partial charge >= 0.3 is 5.97 Å². The van der Waals surface area contributed by atoms with Crippen molar-refractivity contribution in [3.05, 3.63) is 30.6 Å². The third-order valence-corrected chi connectivity index (χ3v) is 15.1. The lowest BCUT2D eigenvalue weighted by Crippen LogP contribution is -2.67. The van der Waals surface area contributed by atoms with Crippen LogP contribution >= 0.6 is 0 Å². The first-order chi connectivity index (χ1) is 19.3. The zero-order valence-corrected chi connectivity index (χ0v) is 27.1. The predicted octanol–water partition coefficient (Wildman–Crippen LogP) is 7.62. The molecule has 5 saturated carbocycles. The van der Waals surface area contributed by atoms with E-state index in [1.807, 2.05) is 30.6 Å². The lowest BCUT2D eigenvalue weighted by atomic mass is 9.32. The highest BCUT2D eigenvalue weighted by Crippen LogP contribution is 2.77. The summed E-state index contributed by atoms with van der Waals surface area (Å²) in [5, 5.41) is 11.0. The molecule has 1 aromatic heterocycles. The number of aliphatic hydroxyl groups excluding tert-OH is 1. The molecule has 1 N–H and O–H groups in total. The highest BCUT2D eigenvalue weighted by molar-refractivity contribution is 5.78. The first kappa shape index (κ1) is 29.6. The van der Waals surface area contributed by atoms with Crippen LogP contribution in [0.5, 0.6) is 0 Å². The van der Waals surface area contributed by atoms with Gasteiger partial charge in [-0.2, -0.15) is 0 Å². The quantitative estimate of drug-likeness (QED) is 0.296. The summed E-state index contributed by atoms with van der Waals surface area (Å²) in [5.74, 6) is 3.62. The van der Waals surface area contributed by atoms with E-state index in [-0.39, 0.29) is 33.7 Å². The van der Waals surface area contributed by atoms with Crippen LogP contribution in [0, 0.1) is 62.6 Å². The summed E-state index contributed by atoms with van der Waals surface area (Å²) in [4.78, 5) is 14.2. The van der Waals surface area contributed by atoms with Crippen LogP contribution in [0.25, 0.3) is 0 Å². The van der Waals surface area contributed by atoms with Gasteiger partial charge in [0.15, 0.2) is 25.5 Å². The van der Waals surface area contributed by atoms with Gasteiger partial charge in [0, 0.05) is 12.1 Å². The molecule has 0 aliphatic heterocycles. The summed E-state index contributed by atoms with van der Waals surface area (Å²) in [6.07, 6.45) is 15.4. The standard InChI is InChI=1S/C37H58NO3/c1-25(2)26-13-18-37(32(40)41-24-23-38-21-9-8-10-22-38)20-19-35(6)27(31(26)37)11-12-29-34(5)16-15-30(39)33(3,4)28(34)14-17-36(29,35)7/h8-10,21-22,25-31,39H,11-20,23-24H2,1-7H3/q+1/t26-,27+,28-,29+,30-,31+,34-,35+,36+,37-/m0/s1. The minimum absolute atomic E-state index is 0.0101. The van der Waals surface area contributed by atoms with Gasteiger partial charge in [-0.25, -0.2) is 4.57 Å². The number of hydrogen-bond acceptors (Lipinski definition) is 3. The zero-order valence-electron chi connectivity index (χ0n) is 27.1. The number of rotatable bonds is 5. The summed E-state index contributed by atoms with van der Waals surface area (Å²) in [5.41, 5.74) is 0.504. The van der Waals surface area contributed by atoms with E-state index in [1.54, 1.807) is 0 Å². The van der Waals surface area contributed by atoms with Crippen molar-refractivity contribution in [2.45, 2.75) is 125 Å². The number of esters is 1. The summed E-state index contributed by atoms with van der Waals surface area (Å²) < 4.78 is 8.31. The highest BCUT2D eigenvalue weighted by Gasteiger charge is 2.72. The monoisotopic (exact) mass is 564 g/mol. The Balaban J connectivity index is 1.30. The Morgan fingerprint density at radius 1 is 0.854 bits per heavy atom. The second kappa shape index (κ2) is 10.1. The smallest absolute Gasteiger partial charge is 0.312 e. The number of nitrogens with zero attached hydrogens (tertiary/aromatic N) is 1. The van der Waals surface area contributed by atoms with Gasteiger partial charge in [-0.3, -0.25) is 4.79 Å². The van der Waals surface area contributed by atoms with Crippen LogP contribution < -0.4 is 4.57 Å². The highest BCUT2D eigenvalue weighted by atomic mass is 16.5. The lowest BCUT2D eigenvalue weighted by molar-refractivity contribution is -0.698. The van der Waals surface area contributed by atoms with E-state index in [2.05, 4.69) is 53.0 Å². The number of hydrogen-bond donors (Lipinski definition) is 1.